The minimum absolute atomic E-state index is 0.188. The van der Waals surface area contributed by atoms with Gasteiger partial charge in [0, 0.05) is 24.1 Å². The van der Waals surface area contributed by atoms with Crippen molar-refractivity contribution in [2.45, 2.75) is 33.1 Å². The highest BCUT2D eigenvalue weighted by molar-refractivity contribution is 6.03. The van der Waals surface area contributed by atoms with Gasteiger partial charge in [0.1, 0.15) is 5.69 Å². The lowest BCUT2D eigenvalue weighted by atomic mass is 10.2. The van der Waals surface area contributed by atoms with E-state index in [0.717, 1.165) is 29.9 Å². The number of carbonyl (C=O) groups is 1. The zero-order chi connectivity index (χ0) is 15.8. The molecule has 1 aromatic heterocycles. The Morgan fingerprint density at radius 3 is 2.77 bits per heavy atom. The lowest BCUT2D eigenvalue weighted by Crippen LogP contribution is -2.15. The molecule has 4 nitrogen and oxygen atoms in total. The molecule has 116 valence electrons. The number of aryl methyl sites for hydroxylation is 1. The lowest BCUT2D eigenvalue weighted by Gasteiger charge is -2.09. The van der Waals surface area contributed by atoms with Crippen LogP contribution in [0.2, 0.25) is 0 Å². The van der Waals surface area contributed by atoms with Crippen LogP contribution in [0.5, 0.6) is 0 Å². The van der Waals surface area contributed by atoms with Crippen LogP contribution in [0.25, 0.3) is 0 Å². The third kappa shape index (κ3) is 4.58. The maximum atomic E-state index is 12.3. The van der Waals surface area contributed by atoms with E-state index in [4.69, 9.17) is 0 Å². The first-order chi connectivity index (χ1) is 10.7. The smallest absolute Gasteiger partial charge is 0.274 e. The predicted molar refractivity (Wildman–Crippen MR) is 91.4 cm³/mol. The molecule has 0 radical (unpaired) electrons. The van der Waals surface area contributed by atoms with Crippen molar-refractivity contribution in [2.75, 3.05) is 17.2 Å². The van der Waals surface area contributed by atoms with E-state index >= 15 is 0 Å². The first kappa shape index (κ1) is 16.0. The average molecular weight is 297 g/mol. The third-order valence-electron chi connectivity index (χ3n) is 3.50. The molecule has 0 saturated heterocycles. The molecule has 0 fully saturated rings. The van der Waals surface area contributed by atoms with Crippen LogP contribution in [0, 0.1) is 6.92 Å². The summed E-state index contributed by atoms with van der Waals surface area (Å²) >= 11 is 0. The van der Waals surface area contributed by atoms with Crippen molar-refractivity contribution >= 4 is 17.3 Å². The van der Waals surface area contributed by atoms with Crippen molar-refractivity contribution in [3.63, 3.8) is 0 Å². The Labute approximate surface area is 132 Å². The molecule has 0 aliphatic heterocycles. The molecule has 2 aromatic rings. The molecule has 0 aliphatic rings. The van der Waals surface area contributed by atoms with Crippen LogP contribution < -0.4 is 10.6 Å². The largest absolute Gasteiger partial charge is 0.385 e. The van der Waals surface area contributed by atoms with E-state index in [1.807, 2.05) is 37.3 Å². The molecule has 2 N–H and O–H groups in total. The van der Waals surface area contributed by atoms with Gasteiger partial charge in [0.25, 0.3) is 5.91 Å². The molecule has 1 aromatic carbocycles. The number of aromatic nitrogens is 1. The Morgan fingerprint density at radius 1 is 1.18 bits per heavy atom. The van der Waals surface area contributed by atoms with Crippen molar-refractivity contribution in [3.05, 3.63) is 53.9 Å². The van der Waals surface area contributed by atoms with Gasteiger partial charge in [-0.15, -0.1) is 0 Å². The van der Waals surface area contributed by atoms with Crippen LogP contribution in [-0.4, -0.2) is 17.4 Å². The number of anilines is 2. The molecule has 22 heavy (non-hydrogen) atoms. The van der Waals surface area contributed by atoms with E-state index in [1.165, 1.54) is 12.8 Å². The van der Waals surface area contributed by atoms with Gasteiger partial charge >= 0.3 is 0 Å². The average Bonchev–Trinajstić information content (AvgIpc) is 2.54. The number of para-hydroxylation sites is 1. The maximum Gasteiger partial charge on any atom is 0.274 e. The summed E-state index contributed by atoms with van der Waals surface area (Å²) in [6.07, 6.45) is 5.19. The molecule has 4 heteroatoms. The fourth-order valence-corrected chi connectivity index (χ4v) is 2.17. The number of carbonyl (C=O) groups excluding carboxylic acids is 1. The molecule has 0 saturated carbocycles. The fourth-order valence-electron chi connectivity index (χ4n) is 2.17. The molecule has 1 heterocycles. The molecule has 2 rings (SSSR count). The van der Waals surface area contributed by atoms with Gasteiger partial charge in [-0.2, -0.15) is 0 Å². The van der Waals surface area contributed by atoms with E-state index in [-0.39, 0.29) is 5.91 Å². The summed E-state index contributed by atoms with van der Waals surface area (Å²) in [6, 6.07) is 11.4. The number of benzene rings is 1. The Balaban J connectivity index is 1.99. The van der Waals surface area contributed by atoms with Gasteiger partial charge in [-0.05, 0) is 37.1 Å². The Hall–Kier alpha value is -2.36. The summed E-state index contributed by atoms with van der Waals surface area (Å²) in [6.45, 7) is 5.06. The molecule has 0 atom stereocenters. The number of nitrogens with zero attached hydrogens (tertiary/aromatic N) is 1. The molecular weight excluding hydrogens is 274 g/mol. The molecule has 0 bridgehead atoms. The van der Waals surface area contributed by atoms with Crippen LogP contribution >= 0.6 is 0 Å². The van der Waals surface area contributed by atoms with E-state index in [2.05, 4.69) is 22.5 Å². The van der Waals surface area contributed by atoms with E-state index in [1.54, 1.807) is 12.3 Å². The maximum absolute atomic E-state index is 12.3. The van der Waals surface area contributed by atoms with Gasteiger partial charge in [-0.3, -0.25) is 9.78 Å². The lowest BCUT2D eigenvalue weighted by molar-refractivity contribution is 0.102. The van der Waals surface area contributed by atoms with Crippen molar-refractivity contribution in [1.29, 1.82) is 0 Å². The minimum Gasteiger partial charge on any atom is -0.385 e. The highest BCUT2D eigenvalue weighted by Gasteiger charge is 2.09. The first-order valence-electron chi connectivity index (χ1n) is 7.77. The highest BCUT2D eigenvalue weighted by Crippen LogP contribution is 2.15. The summed E-state index contributed by atoms with van der Waals surface area (Å²) in [4.78, 5) is 16.5. The van der Waals surface area contributed by atoms with Crippen LogP contribution in [0.4, 0.5) is 11.4 Å². The number of hydrogen-bond acceptors (Lipinski definition) is 3. The van der Waals surface area contributed by atoms with E-state index in [0.29, 0.717) is 5.69 Å². The molecule has 0 aliphatic carbocycles. The standard InChI is InChI=1S/C18H23N3O/c1-3-4-7-11-19-15-10-12-20-17(13-15)18(22)21-16-9-6-5-8-14(16)2/h5-6,8-10,12-13H,3-4,7,11H2,1-2H3,(H,19,20)(H,21,22). The Morgan fingerprint density at radius 2 is 2.00 bits per heavy atom. The summed E-state index contributed by atoms with van der Waals surface area (Å²) in [5, 5.41) is 6.23. The highest BCUT2D eigenvalue weighted by atomic mass is 16.1. The number of amides is 1. The number of unbranched alkanes of at least 4 members (excludes halogenated alkanes) is 2. The molecule has 0 spiro atoms. The quantitative estimate of drug-likeness (QED) is 0.751. The number of nitrogens with one attached hydrogen (secondary N) is 2. The van der Waals surface area contributed by atoms with Crippen molar-refractivity contribution in [2.24, 2.45) is 0 Å². The summed E-state index contributed by atoms with van der Waals surface area (Å²) in [5.74, 6) is -0.188. The van der Waals surface area contributed by atoms with E-state index < -0.39 is 0 Å². The summed E-state index contributed by atoms with van der Waals surface area (Å²) in [7, 11) is 0. The number of hydrogen-bond donors (Lipinski definition) is 2. The van der Waals surface area contributed by atoms with Gasteiger partial charge in [0.15, 0.2) is 0 Å². The van der Waals surface area contributed by atoms with Gasteiger partial charge in [0.05, 0.1) is 0 Å². The van der Waals surface area contributed by atoms with Crippen LogP contribution in [0.1, 0.15) is 42.2 Å². The number of rotatable bonds is 7. The topological polar surface area (TPSA) is 54.0 Å². The molecular formula is C18H23N3O. The van der Waals surface area contributed by atoms with Gasteiger partial charge < -0.3 is 10.6 Å². The summed E-state index contributed by atoms with van der Waals surface area (Å²) < 4.78 is 0. The van der Waals surface area contributed by atoms with Crippen LogP contribution in [0.3, 0.4) is 0 Å². The summed E-state index contributed by atoms with van der Waals surface area (Å²) in [5.41, 5.74) is 3.20. The SMILES string of the molecule is CCCCCNc1ccnc(C(=O)Nc2ccccc2C)c1. The third-order valence-corrected chi connectivity index (χ3v) is 3.50. The van der Waals surface area contributed by atoms with Crippen LogP contribution in [-0.2, 0) is 0 Å². The molecule has 0 unspecified atom stereocenters. The van der Waals surface area contributed by atoms with Gasteiger partial charge in [-0.1, -0.05) is 38.0 Å². The first-order valence-corrected chi connectivity index (χ1v) is 7.77. The zero-order valence-electron chi connectivity index (χ0n) is 13.2. The second-order valence-electron chi connectivity index (χ2n) is 5.33. The van der Waals surface area contributed by atoms with Crippen molar-refractivity contribution < 1.29 is 4.79 Å². The minimum atomic E-state index is -0.188. The fraction of sp³-hybridized carbons (Fsp3) is 0.333. The number of pyridine rings is 1. The monoisotopic (exact) mass is 297 g/mol. The van der Waals surface area contributed by atoms with Gasteiger partial charge in [-0.25, -0.2) is 0 Å². The normalized spacial score (nSPS) is 10.3. The van der Waals surface area contributed by atoms with Gasteiger partial charge in [0.2, 0.25) is 0 Å². The van der Waals surface area contributed by atoms with Crippen molar-refractivity contribution in [1.82, 2.24) is 4.98 Å². The Bertz CT molecular complexity index is 625. The Kier molecular flexibility index (Phi) is 5.95. The molecule has 1 amide bonds. The van der Waals surface area contributed by atoms with E-state index in [9.17, 15) is 4.79 Å². The van der Waals surface area contributed by atoms with Crippen molar-refractivity contribution in [3.8, 4) is 0 Å². The second-order valence-corrected chi connectivity index (χ2v) is 5.33. The van der Waals surface area contributed by atoms with Crippen LogP contribution in [0.15, 0.2) is 42.6 Å². The second kappa shape index (κ2) is 8.17. The zero-order valence-corrected chi connectivity index (χ0v) is 13.2. The predicted octanol–water partition coefficient (Wildman–Crippen LogP) is 4.24.